The summed E-state index contributed by atoms with van der Waals surface area (Å²) in [5, 5.41) is 0. The molecule has 0 aliphatic heterocycles. The van der Waals surface area contributed by atoms with Gasteiger partial charge in [0.15, 0.2) is 11.5 Å². The van der Waals surface area contributed by atoms with Gasteiger partial charge in [0.1, 0.15) is 6.61 Å². The Bertz CT molecular complexity index is 647. The number of carbonyl (C=O) groups is 1. The third-order valence-corrected chi connectivity index (χ3v) is 3.73. The van der Waals surface area contributed by atoms with E-state index in [1.807, 2.05) is 37.3 Å². The Morgan fingerprint density at radius 3 is 2.59 bits per heavy atom. The summed E-state index contributed by atoms with van der Waals surface area (Å²) in [6, 6.07) is 13.2. The van der Waals surface area contributed by atoms with Gasteiger partial charge < -0.3 is 9.47 Å². The highest BCUT2D eigenvalue weighted by Gasteiger charge is 2.15. The van der Waals surface area contributed by atoms with Crippen molar-refractivity contribution in [3.8, 4) is 11.5 Å². The number of nitrogen functional groups attached to an aromatic ring is 1. The summed E-state index contributed by atoms with van der Waals surface area (Å²) in [5.74, 6) is 5.97. The number of halogens is 1. The quantitative estimate of drug-likeness (QED) is 0.331. The first kappa shape index (κ1) is 16.6. The molecule has 0 fully saturated rings. The lowest BCUT2D eigenvalue weighted by atomic mass is 10.2. The Labute approximate surface area is 142 Å². The van der Waals surface area contributed by atoms with Gasteiger partial charge in [-0.15, -0.1) is 0 Å². The minimum absolute atomic E-state index is 0.367. The van der Waals surface area contributed by atoms with Crippen LogP contribution >= 0.6 is 22.6 Å². The van der Waals surface area contributed by atoms with E-state index in [0.717, 1.165) is 9.13 Å². The van der Waals surface area contributed by atoms with Gasteiger partial charge in [0.25, 0.3) is 5.91 Å². The minimum atomic E-state index is -0.367. The van der Waals surface area contributed by atoms with Gasteiger partial charge in [-0.1, -0.05) is 30.3 Å². The molecular weight excluding hydrogens is 395 g/mol. The smallest absolute Gasteiger partial charge is 0.265 e. The number of rotatable bonds is 6. The van der Waals surface area contributed by atoms with Crippen LogP contribution in [0.4, 0.5) is 0 Å². The second-order valence-corrected chi connectivity index (χ2v) is 5.63. The van der Waals surface area contributed by atoms with Gasteiger partial charge in [-0.05, 0) is 47.2 Å². The van der Waals surface area contributed by atoms with Crippen molar-refractivity contribution in [3.05, 3.63) is 57.2 Å². The number of carbonyl (C=O) groups excluding carboxylic acids is 1. The zero-order valence-corrected chi connectivity index (χ0v) is 14.3. The van der Waals surface area contributed by atoms with Gasteiger partial charge in [-0.2, -0.15) is 0 Å². The summed E-state index contributed by atoms with van der Waals surface area (Å²) in [6.45, 7) is 2.79. The molecule has 0 bridgehead atoms. The van der Waals surface area contributed by atoms with E-state index in [1.165, 1.54) is 0 Å². The second-order valence-electron chi connectivity index (χ2n) is 4.47. The van der Waals surface area contributed by atoms with Crippen molar-refractivity contribution in [1.82, 2.24) is 5.43 Å². The molecule has 0 aliphatic rings. The van der Waals surface area contributed by atoms with Gasteiger partial charge in [0.2, 0.25) is 0 Å². The van der Waals surface area contributed by atoms with Crippen LogP contribution in [-0.4, -0.2) is 12.5 Å². The monoisotopic (exact) mass is 412 g/mol. The van der Waals surface area contributed by atoms with Crippen LogP contribution in [0.2, 0.25) is 0 Å². The average Bonchev–Trinajstić information content (AvgIpc) is 2.54. The molecule has 116 valence electrons. The lowest BCUT2D eigenvalue weighted by Crippen LogP contribution is -2.30. The summed E-state index contributed by atoms with van der Waals surface area (Å²) in [5.41, 5.74) is 3.61. The van der Waals surface area contributed by atoms with Gasteiger partial charge in [0.05, 0.1) is 10.2 Å². The molecule has 0 heterocycles. The lowest BCUT2D eigenvalue weighted by Gasteiger charge is -2.15. The number of nitrogens with two attached hydrogens (primary N) is 1. The molecule has 2 aromatic rings. The molecule has 2 rings (SSSR count). The summed E-state index contributed by atoms with van der Waals surface area (Å²) in [4.78, 5) is 11.7. The van der Waals surface area contributed by atoms with Gasteiger partial charge in [-0.3, -0.25) is 10.2 Å². The fourth-order valence-electron chi connectivity index (χ4n) is 1.92. The zero-order valence-electron chi connectivity index (χ0n) is 12.1. The van der Waals surface area contributed by atoms with Crippen molar-refractivity contribution in [2.75, 3.05) is 6.61 Å². The molecule has 0 spiro atoms. The van der Waals surface area contributed by atoms with Crippen LogP contribution < -0.4 is 20.7 Å². The van der Waals surface area contributed by atoms with Crippen molar-refractivity contribution in [3.63, 3.8) is 0 Å². The largest absolute Gasteiger partial charge is 0.490 e. The Morgan fingerprint density at radius 2 is 1.95 bits per heavy atom. The molecule has 0 saturated carbocycles. The molecule has 0 radical (unpaired) electrons. The second kappa shape index (κ2) is 8.00. The number of nitrogens with one attached hydrogen (secondary N) is 1. The van der Waals surface area contributed by atoms with E-state index in [9.17, 15) is 4.79 Å². The highest BCUT2D eigenvalue weighted by atomic mass is 127. The summed E-state index contributed by atoms with van der Waals surface area (Å²) >= 11 is 2.12. The third kappa shape index (κ3) is 4.11. The molecule has 3 N–H and O–H groups in total. The first-order chi connectivity index (χ1) is 10.7. The van der Waals surface area contributed by atoms with E-state index in [2.05, 4.69) is 28.0 Å². The molecule has 1 amide bonds. The Balaban J connectivity index is 2.27. The normalized spacial score (nSPS) is 10.1. The van der Waals surface area contributed by atoms with Crippen LogP contribution in [-0.2, 0) is 6.61 Å². The molecule has 0 unspecified atom stereocenters. The van der Waals surface area contributed by atoms with Gasteiger partial charge >= 0.3 is 0 Å². The first-order valence-corrected chi connectivity index (χ1v) is 7.87. The number of hydrogen-bond donors (Lipinski definition) is 2. The molecule has 6 heteroatoms. The number of ether oxygens (including phenoxy) is 2. The maximum Gasteiger partial charge on any atom is 0.265 e. The average molecular weight is 412 g/mol. The molecular formula is C16H17IN2O3. The standard InChI is InChI=1S/C16H17IN2O3/c1-2-21-14-9-12(16(20)19-18)8-13(17)15(14)22-10-11-6-4-3-5-7-11/h3-9H,2,10,18H2,1H3,(H,19,20). The van der Waals surface area contributed by atoms with Crippen LogP contribution in [0.3, 0.4) is 0 Å². The van der Waals surface area contributed by atoms with Crippen molar-refractivity contribution in [2.45, 2.75) is 13.5 Å². The van der Waals surface area contributed by atoms with Crippen molar-refractivity contribution in [1.29, 1.82) is 0 Å². The van der Waals surface area contributed by atoms with E-state index in [0.29, 0.717) is 30.3 Å². The molecule has 2 aromatic carbocycles. The van der Waals surface area contributed by atoms with Crippen LogP contribution in [0.5, 0.6) is 11.5 Å². The van der Waals surface area contributed by atoms with Crippen LogP contribution in [0.1, 0.15) is 22.8 Å². The zero-order chi connectivity index (χ0) is 15.9. The van der Waals surface area contributed by atoms with Gasteiger partial charge in [0, 0.05) is 5.56 Å². The SMILES string of the molecule is CCOc1cc(C(=O)NN)cc(I)c1OCc1ccccc1. The Morgan fingerprint density at radius 1 is 1.23 bits per heavy atom. The Kier molecular flexibility index (Phi) is 6.02. The van der Waals surface area contributed by atoms with E-state index in [-0.39, 0.29) is 5.91 Å². The number of amides is 1. The molecule has 0 atom stereocenters. The molecule has 5 nitrogen and oxygen atoms in total. The van der Waals surface area contributed by atoms with Crippen molar-refractivity contribution < 1.29 is 14.3 Å². The van der Waals surface area contributed by atoms with E-state index in [4.69, 9.17) is 15.3 Å². The maximum absolute atomic E-state index is 11.7. The van der Waals surface area contributed by atoms with E-state index >= 15 is 0 Å². The predicted molar refractivity (Wildman–Crippen MR) is 92.8 cm³/mol. The van der Waals surface area contributed by atoms with E-state index < -0.39 is 0 Å². The Hall–Kier alpha value is -1.80. The number of hydrogen-bond acceptors (Lipinski definition) is 4. The van der Waals surface area contributed by atoms with Crippen molar-refractivity contribution >= 4 is 28.5 Å². The fraction of sp³-hybridized carbons (Fsp3) is 0.188. The predicted octanol–water partition coefficient (Wildman–Crippen LogP) is 2.87. The summed E-state index contributed by atoms with van der Waals surface area (Å²) in [7, 11) is 0. The van der Waals surface area contributed by atoms with Crippen LogP contribution in [0.15, 0.2) is 42.5 Å². The molecule has 0 aliphatic carbocycles. The highest BCUT2D eigenvalue weighted by Crippen LogP contribution is 2.34. The first-order valence-electron chi connectivity index (χ1n) is 6.79. The maximum atomic E-state index is 11.7. The molecule has 0 aromatic heterocycles. The van der Waals surface area contributed by atoms with Gasteiger partial charge in [-0.25, -0.2) is 5.84 Å². The molecule has 22 heavy (non-hydrogen) atoms. The lowest BCUT2D eigenvalue weighted by molar-refractivity contribution is 0.0953. The highest BCUT2D eigenvalue weighted by molar-refractivity contribution is 14.1. The fourth-order valence-corrected chi connectivity index (χ4v) is 2.67. The van der Waals surface area contributed by atoms with Crippen LogP contribution in [0.25, 0.3) is 0 Å². The van der Waals surface area contributed by atoms with Crippen molar-refractivity contribution in [2.24, 2.45) is 5.84 Å². The summed E-state index contributed by atoms with van der Waals surface area (Å²) in [6.07, 6.45) is 0. The van der Waals surface area contributed by atoms with E-state index in [1.54, 1.807) is 12.1 Å². The summed E-state index contributed by atoms with van der Waals surface area (Å²) < 4.78 is 12.3. The number of benzene rings is 2. The van der Waals surface area contributed by atoms with Crippen LogP contribution in [0, 0.1) is 3.57 Å². The minimum Gasteiger partial charge on any atom is -0.490 e. The third-order valence-electron chi connectivity index (χ3n) is 2.93. The molecule has 0 saturated heterocycles. The topological polar surface area (TPSA) is 73.6 Å². The number of hydrazine groups is 1.